The van der Waals surface area contributed by atoms with E-state index < -0.39 is 0 Å². The number of carbonyl (C=O) groups excluding carboxylic acids is 1. The maximum atomic E-state index is 11.5. The smallest absolute Gasteiger partial charge is 0.222 e. The molecule has 0 aromatic heterocycles. The van der Waals surface area contributed by atoms with Crippen LogP contribution in [0.3, 0.4) is 0 Å². The maximum Gasteiger partial charge on any atom is 0.222 e. The van der Waals surface area contributed by atoms with Crippen molar-refractivity contribution in [3.63, 3.8) is 0 Å². The highest BCUT2D eigenvalue weighted by Crippen LogP contribution is 2.40. The summed E-state index contributed by atoms with van der Waals surface area (Å²) in [5.41, 5.74) is 0.403. The van der Waals surface area contributed by atoms with Crippen LogP contribution in [-0.4, -0.2) is 29.2 Å². The van der Waals surface area contributed by atoms with Crippen molar-refractivity contribution in [3.8, 4) is 0 Å². The van der Waals surface area contributed by atoms with E-state index in [2.05, 4.69) is 20.8 Å². The third-order valence-corrected chi connectivity index (χ3v) is 4.83. The molecule has 14 heavy (non-hydrogen) atoms. The quantitative estimate of drug-likeness (QED) is 0.714. The first-order valence-corrected chi connectivity index (χ1v) is 6.72. The van der Waals surface area contributed by atoms with E-state index in [0.29, 0.717) is 11.3 Å². The van der Waals surface area contributed by atoms with Gasteiger partial charge in [0.1, 0.15) is 0 Å². The van der Waals surface area contributed by atoms with E-state index in [1.165, 1.54) is 25.7 Å². The van der Waals surface area contributed by atoms with Gasteiger partial charge in [0.15, 0.2) is 0 Å². The van der Waals surface area contributed by atoms with Crippen molar-refractivity contribution in [3.05, 3.63) is 0 Å². The minimum absolute atomic E-state index is 0.372. The van der Waals surface area contributed by atoms with Crippen LogP contribution < -0.4 is 0 Å². The molecule has 0 N–H and O–H groups in total. The molecule has 80 valence electrons. The first kappa shape index (κ1) is 10.5. The third kappa shape index (κ3) is 1.97. The van der Waals surface area contributed by atoms with Gasteiger partial charge < -0.3 is 4.90 Å². The molecule has 0 radical (unpaired) electrons. The van der Waals surface area contributed by atoms with Crippen LogP contribution in [-0.2, 0) is 4.79 Å². The Bertz CT molecular complexity index is 223. The standard InChI is InChI=1S/C11H18BrNO/c12-8-11(5-1-2-6-11)9-13-7-3-4-10(13)14/h1-9H2. The molecule has 2 aliphatic rings. The molecule has 2 fully saturated rings. The highest BCUT2D eigenvalue weighted by molar-refractivity contribution is 9.09. The number of hydrogen-bond acceptors (Lipinski definition) is 1. The van der Waals surface area contributed by atoms with Crippen molar-refractivity contribution in [1.82, 2.24) is 4.90 Å². The third-order valence-electron chi connectivity index (χ3n) is 3.65. The molecule has 1 saturated heterocycles. The molecule has 1 aliphatic carbocycles. The normalized spacial score (nSPS) is 26.1. The van der Waals surface area contributed by atoms with Crippen LogP contribution in [0, 0.1) is 5.41 Å². The predicted octanol–water partition coefficient (Wildman–Crippen LogP) is 2.56. The second kappa shape index (κ2) is 4.21. The minimum Gasteiger partial charge on any atom is -0.342 e. The minimum atomic E-state index is 0.372. The zero-order valence-corrected chi connectivity index (χ0v) is 10.2. The summed E-state index contributed by atoms with van der Waals surface area (Å²) in [7, 11) is 0. The summed E-state index contributed by atoms with van der Waals surface area (Å²) in [6.07, 6.45) is 7.11. The van der Waals surface area contributed by atoms with Crippen LogP contribution in [0.2, 0.25) is 0 Å². The molecule has 1 heterocycles. The lowest BCUT2D eigenvalue weighted by molar-refractivity contribution is -0.128. The maximum absolute atomic E-state index is 11.5. The average Bonchev–Trinajstić information content (AvgIpc) is 2.79. The summed E-state index contributed by atoms with van der Waals surface area (Å²) in [5, 5.41) is 1.06. The largest absolute Gasteiger partial charge is 0.342 e. The first-order valence-electron chi connectivity index (χ1n) is 5.60. The zero-order valence-electron chi connectivity index (χ0n) is 8.60. The van der Waals surface area contributed by atoms with E-state index in [1.807, 2.05) is 0 Å². The van der Waals surface area contributed by atoms with E-state index in [1.54, 1.807) is 0 Å². The summed E-state index contributed by atoms with van der Waals surface area (Å²) >= 11 is 3.62. The Morgan fingerprint density at radius 3 is 2.50 bits per heavy atom. The molecular formula is C11H18BrNO. The molecule has 1 amide bonds. The summed E-state index contributed by atoms with van der Waals surface area (Å²) in [6.45, 7) is 1.99. The van der Waals surface area contributed by atoms with Crippen molar-refractivity contribution in [2.24, 2.45) is 5.41 Å². The number of hydrogen-bond donors (Lipinski definition) is 0. The van der Waals surface area contributed by atoms with Gasteiger partial charge in [-0.15, -0.1) is 0 Å². The number of likely N-dealkylation sites (tertiary alicyclic amines) is 1. The molecule has 2 rings (SSSR count). The summed E-state index contributed by atoms with van der Waals surface area (Å²) in [6, 6.07) is 0. The molecule has 1 aliphatic heterocycles. The predicted molar refractivity (Wildman–Crippen MR) is 60.5 cm³/mol. The van der Waals surface area contributed by atoms with Crippen LogP contribution in [0.25, 0.3) is 0 Å². The summed E-state index contributed by atoms with van der Waals surface area (Å²) in [5.74, 6) is 0.372. The van der Waals surface area contributed by atoms with Crippen LogP contribution in [0.4, 0.5) is 0 Å². The van der Waals surface area contributed by atoms with Crippen molar-refractivity contribution in [2.45, 2.75) is 38.5 Å². The molecule has 3 heteroatoms. The molecule has 0 bridgehead atoms. The molecule has 2 nitrogen and oxygen atoms in total. The van der Waals surface area contributed by atoms with Gasteiger partial charge in [0.25, 0.3) is 0 Å². The summed E-state index contributed by atoms with van der Waals surface area (Å²) in [4.78, 5) is 13.6. The second-order valence-electron chi connectivity index (χ2n) is 4.76. The van der Waals surface area contributed by atoms with Crippen LogP contribution in [0.5, 0.6) is 0 Å². The Balaban J connectivity index is 1.96. The van der Waals surface area contributed by atoms with Gasteiger partial charge in [0, 0.05) is 24.8 Å². The van der Waals surface area contributed by atoms with Crippen molar-refractivity contribution < 1.29 is 4.79 Å². The van der Waals surface area contributed by atoms with Gasteiger partial charge in [-0.25, -0.2) is 0 Å². The molecule has 0 aromatic carbocycles. The van der Waals surface area contributed by atoms with Crippen molar-refractivity contribution in [2.75, 3.05) is 18.4 Å². The van der Waals surface area contributed by atoms with Crippen LogP contribution in [0.1, 0.15) is 38.5 Å². The van der Waals surface area contributed by atoms with Gasteiger partial charge >= 0.3 is 0 Å². The van der Waals surface area contributed by atoms with Gasteiger partial charge in [-0.05, 0) is 24.7 Å². The Kier molecular flexibility index (Phi) is 3.15. The highest BCUT2D eigenvalue weighted by Gasteiger charge is 2.36. The van der Waals surface area contributed by atoms with E-state index in [9.17, 15) is 4.79 Å². The molecular weight excluding hydrogens is 242 g/mol. The van der Waals surface area contributed by atoms with E-state index >= 15 is 0 Å². The molecule has 0 spiro atoms. The van der Waals surface area contributed by atoms with Crippen LogP contribution in [0.15, 0.2) is 0 Å². The lowest BCUT2D eigenvalue weighted by Gasteiger charge is -2.31. The topological polar surface area (TPSA) is 20.3 Å². The molecule has 0 atom stereocenters. The fourth-order valence-electron chi connectivity index (χ4n) is 2.74. The first-order chi connectivity index (χ1) is 6.76. The molecule has 0 aromatic rings. The number of halogens is 1. The number of rotatable bonds is 3. The average molecular weight is 260 g/mol. The summed E-state index contributed by atoms with van der Waals surface area (Å²) < 4.78 is 0. The van der Waals surface area contributed by atoms with E-state index in [0.717, 1.165) is 31.3 Å². The van der Waals surface area contributed by atoms with Crippen molar-refractivity contribution in [1.29, 1.82) is 0 Å². The number of carbonyl (C=O) groups is 1. The lowest BCUT2D eigenvalue weighted by Crippen LogP contribution is -2.38. The van der Waals surface area contributed by atoms with Crippen molar-refractivity contribution >= 4 is 21.8 Å². The highest BCUT2D eigenvalue weighted by atomic mass is 79.9. The Labute approximate surface area is 94.2 Å². The van der Waals surface area contributed by atoms with Gasteiger partial charge in [0.05, 0.1) is 0 Å². The Morgan fingerprint density at radius 1 is 1.29 bits per heavy atom. The number of amides is 1. The SMILES string of the molecule is O=C1CCCN1CC1(CBr)CCCC1. The monoisotopic (exact) mass is 259 g/mol. The molecule has 0 unspecified atom stereocenters. The lowest BCUT2D eigenvalue weighted by atomic mass is 9.88. The number of nitrogens with zero attached hydrogens (tertiary/aromatic N) is 1. The Hall–Kier alpha value is -0.0500. The van der Waals surface area contributed by atoms with E-state index in [-0.39, 0.29) is 0 Å². The molecule has 1 saturated carbocycles. The number of alkyl halides is 1. The Morgan fingerprint density at radius 2 is 2.00 bits per heavy atom. The fourth-order valence-corrected chi connectivity index (χ4v) is 3.47. The van der Waals surface area contributed by atoms with Gasteiger partial charge in [-0.1, -0.05) is 28.8 Å². The van der Waals surface area contributed by atoms with Gasteiger partial charge in [-0.3, -0.25) is 4.79 Å². The second-order valence-corrected chi connectivity index (χ2v) is 5.32. The van der Waals surface area contributed by atoms with E-state index in [4.69, 9.17) is 0 Å². The van der Waals surface area contributed by atoms with Crippen LogP contribution >= 0.6 is 15.9 Å². The van der Waals surface area contributed by atoms with Gasteiger partial charge in [-0.2, -0.15) is 0 Å². The zero-order chi connectivity index (χ0) is 10.0. The van der Waals surface area contributed by atoms with Gasteiger partial charge in [0.2, 0.25) is 5.91 Å². The fraction of sp³-hybridized carbons (Fsp3) is 0.909.